The molecule has 0 spiro atoms. The van der Waals surface area contributed by atoms with Crippen molar-refractivity contribution in [1.29, 1.82) is 0 Å². The molecule has 1 aliphatic heterocycles. The molecule has 96 valence electrons. The first-order valence-electron chi connectivity index (χ1n) is 6.66. The molecule has 1 fully saturated rings. The fourth-order valence-electron chi connectivity index (χ4n) is 2.30. The van der Waals surface area contributed by atoms with Gasteiger partial charge in [0.2, 0.25) is 0 Å². The number of halogens is 1. The highest BCUT2D eigenvalue weighted by atomic mass is 127. The number of rotatable bonds is 7. The Hall–Kier alpha value is 0.650. The van der Waals surface area contributed by atoms with Crippen LogP contribution in [0.2, 0.25) is 0 Å². The van der Waals surface area contributed by atoms with Gasteiger partial charge in [0, 0.05) is 3.92 Å². The highest BCUT2D eigenvalue weighted by molar-refractivity contribution is 14.1. The lowest BCUT2D eigenvalue weighted by atomic mass is 10.0. The molecule has 0 amide bonds. The third-order valence-corrected chi connectivity index (χ3v) is 4.76. The average molecular weight is 340 g/mol. The van der Waals surface area contributed by atoms with Gasteiger partial charge in [-0.2, -0.15) is 0 Å². The highest BCUT2D eigenvalue weighted by Gasteiger charge is 2.33. The van der Waals surface area contributed by atoms with Crippen LogP contribution < -0.4 is 0 Å². The maximum absolute atomic E-state index is 9.98. The number of alkyl halides is 1. The fraction of sp³-hybridized carbons (Fsp3) is 1.00. The van der Waals surface area contributed by atoms with E-state index < -0.39 is 0 Å². The lowest BCUT2D eigenvalue weighted by Crippen LogP contribution is -2.28. The maximum atomic E-state index is 9.98. The third-order valence-electron chi connectivity index (χ3n) is 3.34. The molecule has 16 heavy (non-hydrogen) atoms. The van der Waals surface area contributed by atoms with E-state index in [9.17, 15) is 5.11 Å². The lowest BCUT2D eigenvalue weighted by Gasteiger charge is -2.21. The van der Waals surface area contributed by atoms with E-state index in [2.05, 4.69) is 36.4 Å². The van der Waals surface area contributed by atoms with Crippen LogP contribution in [-0.4, -0.2) is 27.3 Å². The minimum absolute atomic E-state index is 0.102. The summed E-state index contributed by atoms with van der Waals surface area (Å²) in [7, 11) is 0. The van der Waals surface area contributed by atoms with E-state index in [1.165, 1.54) is 12.8 Å². The summed E-state index contributed by atoms with van der Waals surface area (Å²) in [4.78, 5) is 0. The van der Waals surface area contributed by atoms with E-state index in [0.29, 0.717) is 10.0 Å². The largest absolute Gasteiger partial charge is 0.390 e. The number of aliphatic hydroxyl groups is 1. The number of hydrogen-bond acceptors (Lipinski definition) is 2. The van der Waals surface area contributed by atoms with Gasteiger partial charge in [0.1, 0.15) is 0 Å². The molecular formula is C13H25IO2. The second kappa shape index (κ2) is 7.88. The highest BCUT2D eigenvalue weighted by Crippen LogP contribution is 2.30. The van der Waals surface area contributed by atoms with Gasteiger partial charge in [-0.25, -0.2) is 0 Å². The van der Waals surface area contributed by atoms with Gasteiger partial charge in [-0.1, -0.05) is 55.7 Å². The summed E-state index contributed by atoms with van der Waals surface area (Å²) in [5, 5.41) is 9.98. The molecule has 1 saturated heterocycles. The normalized spacial score (nSPS) is 29.2. The summed E-state index contributed by atoms with van der Waals surface area (Å²) >= 11 is 2.50. The minimum atomic E-state index is -0.241. The Morgan fingerprint density at radius 1 is 1.19 bits per heavy atom. The van der Waals surface area contributed by atoms with Gasteiger partial charge >= 0.3 is 0 Å². The molecule has 0 saturated carbocycles. The van der Waals surface area contributed by atoms with E-state index in [1.807, 2.05) is 0 Å². The van der Waals surface area contributed by atoms with Crippen molar-refractivity contribution in [2.75, 3.05) is 0 Å². The van der Waals surface area contributed by atoms with Crippen LogP contribution in [0.25, 0.3) is 0 Å². The van der Waals surface area contributed by atoms with E-state index in [4.69, 9.17) is 4.74 Å². The average Bonchev–Trinajstić information content (AvgIpc) is 2.75. The zero-order valence-corrected chi connectivity index (χ0v) is 12.7. The Bertz CT molecular complexity index is 187. The monoisotopic (exact) mass is 340 g/mol. The molecule has 0 aliphatic carbocycles. The van der Waals surface area contributed by atoms with Crippen molar-refractivity contribution in [3.63, 3.8) is 0 Å². The molecule has 1 aliphatic rings. The number of hydrogen-bond donors (Lipinski definition) is 1. The SMILES string of the molecule is CCCC[C@H](O)[C@H]1CC[C@H]([C@@H](I)CCC)O1. The van der Waals surface area contributed by atoms with Crippen molar-refractivity contribution in [3.8, 4) is 0 Å². The van der Waals surface area contributed by atoms with Crippen LogP contribution in [0, 0.1) is 0 Å². The van der Waals surface area contributed by atoms with E-state index in [1.54, 1.807) is 0 Å². The molecule has 1 rings (SSSR count). The van der Waals surface area contributed by atoms with Crippen LogP contribution in [0.3, 0.4) is 0 Å². The molecule has 4 atom stereocenters. The van der Waals surface area contributed by atoms with E-state index in [-0.39, 0.29) is 12.2 Å². The van der Waals surface area contributed by atoms with Crippen LogP contribution in [0.4, 0.5) is 0 Å². The molecule has 3 heteroatoms. The van der Waals surface area contributed by atoms with Gasteiger partial charge in [-0.3, -0.25) is 0 Å². The molecule has 0 aromatic heterocycles. The van der Waals surface area contributed by atoms with Crippen molar-refractivity contribution in [3.05, 3.63) is 0 Å². The van der Waals surface area contributed by atoms with Gasteiger partial charge in [-0.15, -0.1) is 0 Å². The Kier molecular flexibility index (Phi) is 7.24. The summed E-state index contributed by atoms with van der Waals surface area (Å²) in [5.41, 5.74) is 0. The van der Waals surface area contributed by atoms with Crippen LogP contribution >= 0.6 is 22.6 Å². The van der Waals surface area contributed by atoms with Crippen molar-refractivity contribution < 1.29 is 9.84 Å². The Morgan fingerprint density at radius 2 is 1.88 bits per heavy atom. The van der Waals surface area contributed by atoms with Gasteiger partial charge < -0.3 is 9.84 Å². The molecule has 2 nitrogen and oxygen atoms in total. The molecular weight excluding hydrogens is 315 g/mol. The minimum Gasteiger partial charge on any atom is -0.390 e. The first kappa shape index (κ1) is 14.7. The maximum Gasteiger partial charge on any atom is 0.0839 e. The van der Waals surface area contributed by atoms with Crippen LogP contribution in [-0.2, 0) is 4.74 Å². The van der Waals surface area contributed by atoms with Crippen molar-refractivity contribution in [1.82, 2.24) is 0 Å². The molecule has 0 unspecified atom stereocenters. The Morgan fingerprint density at radius 3 is 2.50 bits per heavy atom. The summed E-state index contributed by atoms with van der Waals surface area (Å²) in [5.74, 6) is 0. The predicted molar refractivity (Wildman–Crippen MR) is 76.1 cm³/mol. The quantitative estimate of drug-likeness (QED) is 0.566. The van der Waals surface area contributed by atoms with E-state index >= 15 is 0 Å². The fourth-order valence-corrected chi connectivity index (χ4v) is 3.45. The van der Waals surface area contributed by atoms with Crippen LogP contribution in [0.1, 0.15) is 58.8 Å². The number of ether oxygens (including phenoxy) is 1. The second-order valence-electron chi connectivity index (χ2n) is 4.80. The van der Waals surface area contributed by atoms with Gasteiger partial charge in [0.25, 0.3) is 0 Å². The van der Waals surface area contributed by atoms with Gasteiger partial charge in [0.15, 0.2) is 0 Å². The summed E-state index contributed by atoms with van der Waals surface area (Å²) in [6.07, 6.45) is 8.00. The Balaban J connectivity index is 2.28. The molecule has 0 aromatic rings. The second-order valence-corrected chi connectivity index (χ2v) is 6.40. The van der Waals surface area contributed by atoms with Crippen LogP contribution in [0.15, 0.2) is 0 Å². The zero-order valence-electron chi connectivity index (χ0n) is 10.5. The summed E-state index contributed by atoms with van der Waals surface area (Å²) in [6, 6.07) is 0. The standard InChI is InChI=1S/C13H25IO2/c1-3-5-7-11(15)13-9-8-12(16-13)10(14)6-4-2/h10-13,15H,3-9H2,1-2H3/t10-,11-,12+,13+/m0/s1. The smallest absolute Gasteiger partial charge is 0.0839 e. The summed E-state index contributed by atoms with van der Waals surface area (Å²) in [6.45, 7) is 4.38. The van der Waals surface area contributed by atoms with Gasteiger partial charge in [0.05, 0.1) is 18.3 Å². The summed E-state index contributed by atoms with van der Waals surface area (Å²) < 4.78 is 6.59. The topological polar surface area (TPSA) is 29.5 Å². The first-order valence-corrected chi connectivity index (χ1v) is 7.91. The molecule has 0 aromatic carbocycles. The Labute approximate surface area is 113 Å². The van der Waals surface area contributed by atoms with E-state index in [0.717, 1.165) is 32.1 Å². The van der Waals surface area contributed by atoms with Crippen molar-refractivity contribution in [2.24, 2.45) is 0 Å². The van der Waals surface area contributed by atoms with Crippen molar-refractivity contribution >= 4 is 22.6 Å². The predicted octanol–water partition coefficient (Wildman–Crippen LogP) is 3.69. The number of unbranched alkanes of at least 4 members (excludes halogenated alkanes) is 1. The van der Waals surface area contributed by atoms with Crippen molar-refractivity contribution in [2.45, 2.75) is 81.0 Å². The zero-order chi connectivity index (χ0) is 12.0. The molecule has 0 bridgehead atoms. The van der Waals surface area contributed by atoms with Gasteiger partial charge in [-0.05, 0) is 25.7 Å². The molecule has 1 N–H and O–H groups in total. The third kappa shape index (κ3) is 4.49. The lowest BCUT2D eigenvalue weighted by molar-refractivity contribution is -0.0368. The number of aliphatic hydroxyl groups excluding tert-OH is 1. The van der Waals surface area contributed by atoms with Crippen LogP contribution in [0.5, 0.6) is 0 Å². The molecule has 0 radical (unpaired) electrons. The molecule has 1 heterocycles. The first-order chi connectivity index (χ1) is 7.69.